The van der Waals surface area contributed by atoms with Crippen molar-refractivity contribution in [3.63, 3.8) is 0 Å². The summed E-state index contributed by atoms with van der Waals surface area (Å²) in [5, 5.41) is 9.12. The minimum Gasteiger partial charge on any atom is -0.461 e. The smallest absolute Gasteiger partial charge is 0.299 e. The summed E-state index contributed by atoms with van der Waals surface area (Å²) in [5.74, 6) is -0.489. The first-order valence-corrected chi connectivity index (χ1v) is 10.5. The maximum absolute atomic E-state index is 13.4. The number of anilines is 1. The summed E-state index contributed by atoms with van der Waals surface area (Å²) >= 11 is 0. The summed E-state index contributed by atoms with van der Waals surface area (Å²) in [7, 11) is 3.16. The normalized spacial score (nSPS) is 13.9. The molecule has 1 heterocycles. The van der Waals surface area contributed by atoms with Crippen LogP contribution in [0.3, 0.4) is 0 Å². The van der Waals surface area contributed by atoms with Crippen molar-refractivity contribution in [2.24, 2.45) is 0 Å². The maximum atomic E-state index is 13.4. The standard InChI is InChI=1S/C22H29FN4O4/c1-25(12-5-13-28)21(30)19-20(26(2)15-29)24-22(31-18-6-3-4-7-18)27(19)14-16-8-10-17(23)11-9-16/h8-11,15,18,28H,3-7,12-14H2,1-2H3. The van der Waals surface area contributed by atoms with E-state index in [1.165, 1.54) is 29.0 Å². The SMILES string of the molecule is CN(CCCO)C(=O)c1c(N(C)C=O)nc(OC2CCCC2)n1Cc1ccc(F)cc1. The van der Waals surface area contributed by atoms with Crippen molar-refractivity contribution >= 4 is 18.1 Å². The second-order valence-electron chi connectivity index (χ2n) is 7.82. The predicted molar refractivity (Wildman–Crippen MR) is 114 cm³/mol. The zero-order valence-electron chi connectivity index (χ0n) is 18.0. The van der Waals surface area contributed by atoms with Crippen LogP contribution in [0.2, 0.25) is 0 Å². The molecule has 8 nitrogen and oxygen atoms in total. The molecule has 1 fully saturated rings. The molecule has 1 aliphatic carbocycles. The van der Waals surface area contributed by atoms with Crippen molar-refractivity contribution in [3.05, 3.63) is 41.3 Å². The van der Waals surface area contributed by atoms with E-state index in [1.54, 1.807) is 23.7 Å². The molecule has 1 aromatic carbocycles. The molecular weight excluding hydrogens is 403 g/mol. The van der Waals surface area contributed by atoms with Crippen LogP contribution in [0.1, 0.15) is 48.2 Å². The highest BCUT2D eigenvalue weighted by Gasteiger charge is 2.30. The summed E-state index contributed by atoms with van der Waals surface area (Å²) in [6.07, 6.45) is 4.97. The molecule has 0 saturated heterocycles. The number of ether oxygens (including phenoxy) is 1. The molecule has 31 heavy (non-hydrogen) atoms. The van der Waals surface area contributed by atoms with Crippen LogP contribution in [-0.4, -0.2) is 65.2 Å². The fourth-order valence-corrected chi connectivity index (χ4v) is 3.68. The Morgan fingerprint density at radius 3 is 2.58 bits per heavy atom. The van der Waals surface area contributed by atoms with Gasteiger partial charge in [-0.2, -0.15) is 4.98 Å². The molecule has 3 rings (SSSR count). The molecule has 2 aromatic rings. The third kappa shape index (κ3) is 5.41. The first-order chi connectivity index (χ1) is 14.9. The number of benzene rings is 1. The van der Waals surface area contributed by atoms with Gasteiger partial charge in [-0.15, -0.1) is 0 Å². The number of carbonyl (C=O) groups excluding carboxylic acids is 2. The summed E-state index contributed by atoms with van der Waals surface area (Å²) in [6, 6.07) is 6.26. The van der Waals surface area contributed by atoms with Gasteiger partial charge in [-0.25, -0.2) is 4.39 Å². The lowest BCUT2D eigenvalue weighted by atomic mass is 10.2. The van der Waals surface area contributed by atoms with Gasteiger partial charge in [0.1, 0.15) is 11.9 Å². The third-order valence-corrected chi connectivity index (χ3v) is 5.44. The molecule has 0 unspecified atom stereocenters. The molecule has 1 aromatic heterocycles. The van der Waals surface area contributed by atoms with E-state index < -0.39 is 0 Å². The van der Waals surface area contributed by atoms with Crippen LogP contribution in [0.5, 0.6) is 6.01 Å². The number of amides is 2. The van der Waals surface area contributed by atoms with E-state index in [-0.39, 0.29) is 48.5 Å². The van der Waals surface area contributed by atoms with Gasteiger partial charge in [-0.1, -0.05) is 12.1 Å². The highest BCUT2D eigenvalue weighted by Crippen LogP contribution is 2.30. The Kier molecular flexibility index (Phi) is 7.62. The second-order valence-corrected chi connectivity index (χ2v) is 7.82. The van der Waals surface area contributed by atoms with E-state index in [0.29, 0.717) is 19.4 Å². The van der Waals surface area contributed by atoms with E-state index in [0.717, 1.165) is 31.2 Å². The van der Waals surface area contributed by atoms with Gasteiger partial charge in [0.15, 0.2) is 11.5 Å². The number of aliphatic hydroxyl groups excluding tert-OH is 1. The average Bonchev–Trinajstić information content (AvgIpc) is 3.41. The molecule has 0 aliphatic heterocycles. The Morgan fingerprint density at radius 2 is 1.97 bits per heavy atom. The minimum atomic E-state index is -0.349. The number of rotatable bonds is 10. The lowest BCUT2D eigenvalue weighted by molar-refractivity contribution is -0.107. The molecule has 1 saturated carbocycles. The van der Waals surface area contributed by atoms with Gasteiger partial charge in [-0.3, -0.25) is 14.2 Å². The van der Waals surface area contributed by atoms with Gasteiger partial charge in [-0.05, 0) is 49.8 Å². The summed E-state index contributed by atoms with van der Waals surface area (Å²) in [4.78, 5) is 32.1. The zero-order valence-corrected chi connectivity index (χ0v) is 18.0. The summed E-state index contributed by atoms with van der Waals surface area (Å²) in [6.45, 7) is 0.542. The van der Waals surface area contributed by atoms with Gasteiger partial charge in [0, 0.05) is 27.2 Å². The average molecular weight is 432 g/mol. The Labute approximate surface area is 181 Å². The molecule has 0 spiro atoms. The monoisotopic (exact) mass is 432 g/mol. The fraction of sp³-hybridized carbons (Fsp3) is 0.500. The number of imidazole rings is 1. The molecule has 9 heteroatoms. The van der Waals surface area contributed by atoms with Gasteiger partial charge >= 0.3 is 0 Å². The van der Waals surface area contributed by atoms with Crippen molar-refractivity contribution in [2.45, 2.75) is 44.8 Å². The van der Waals surface area contributed by atoms with Crippen molar-refractivity contribution in [1.29, 1.82) is 0 Å². The van der Waals surface area contributed by atoms with Gasteiger partial charge in [0.05, 0.1) is 6.54 Å². The topological polar surface area (TPSA) is 87.9 Å². The van der Waals surface area contributed by atoms with Crippen molar-refractivity contribution in [1.82, 2.24) is 14.5 Å². The van der Waals surface area contributed by atoms with E-state index >= 15 is 0 Å². The van der Waals surface area contributed by atoms with Gasteiger partial charge in [0.2, 0.25) is 6.41 Å². The van der Waals surface area contributed by atoms with E-state index in [1.807, 2.05) is 0 Å². The maximum Gasteiger partial charge on any atom is 0.299 e. The van der Waals surface area contributed by atoms with Crippen LogP contribution in [-0.2, 0) is 11.3 Å². The van der Waals surface area contributed by atoms with Crippen LogP contribution in [0.4, 0.5) is 10.2 Å². The van der Waals surface area contributed by atoms with Crippen LogP contribution in [0.15, 0.2) is 24.3 Å². The molecular formula is C22H29FN4O4. The quantitative estimate of drug-likeness (QED) is 0.583. The molecule has 0 bridgehead atoms. The first kappa shape index (κ1) is 22.7. The van der Waals surface area contributed by atoms with E-state index in [4.69, 9.17) is 9.84 Å². The number of hydrogen-bond donors (Lipinski definition) is 1. The molecule has 2 amide bonds. The van der Waals surface area contributed by atoms with Crippen molar-refractivity contribution in [3.8, 4) is 6.01 Å². The number of hydrogen-bond acceptors (Lipinski definition) is 5. The Morgan fingerprint density at radius 1 is 1.29 bits per heavy atom. The van der Waals surface area contributed by atoms with Crippen LogP contribution >= 0.6 is 0 Å². The number of carbonyl (C=O) groups is 2. The lowest BCUT2D eigenvalue weighted by Crippen LogP contribution is -2.32. The Bertz CT molecular complexity index is 894. The summed E-state index contributed by atoms with van der Waals surface area (Å²) < 4.78 is 21.2. The third-order valence-electron chi connectivity index (χ3n) is 5.44. The van der Waals surface area contributed by atoms with Crippen LogP contribution in [0.25, 0.3) is 0 Å². The number of aliphatic hydroxyl groups is 1. The highest BCUT2D eigenvalue weighted by atomic mass is 19.1. The fourth-order valence-electron chi connectivity index (χ4n) is 3.68. The molecule has 1 N–H and O–H groups in total. The molecule has 0 radical (unpaired) electrons. The molecule has 168 valence electrons. The van der Waals surface area contributed by atoms with Crippen molar-refractivity contribution < 1.29 is 23.8 Å². The lowest BCUT2D eigenvalue weighted by Gasteiger charge is -2.20. The number of nitrogens with zero attached hydrogens (tertiary/aromatic N) is 4. The predicted octanol–water partition coefficient (Wildman–Crippen LogP) is 2.44. The van der Waals surface area contributed by atoms with Gasteiger partial charge in [0.25, 0.3) is 11.9 Å². The van der Waals surface area contributed by atoms with Crippen LogP contribution < -0.4 is 9.64 Å². The number of aromatic nitrogens is 2. The highest BCUT2D eigenvalue weighted by molar-refractivity contribution is 5.99. The largest absolute Gasteiger partial charge is 0.461 e. The Hall–Kier alpha value is -2.94. The van der Waals surface area contributed by atoms with Gasteiger partial charge < -0.3 is 19.6 Å². The second kappa shape index (κ2) is 10.4. The first-order valence-electron chi connectivity index (χ1n) is 10.5. The zero-order chi connectivity index (χ0) is 22.4. The van der Waals surface area contributed by atoms with E-state index in [9.17, 15) is 14.0 Å². The molecule has 0 atom stereocenters. The number of halogens is 1. The van der Waals surface area contributed by atoms with E-state index in [2.05, 4.69) is 4.98 Å². The van der Waals surface area contributed by atoms with Crippen molar-refractivity contribution in [2.75, 3.05) is 32.1 Å². The molecule has 1 aliphatic rings. The minimum absolute atomic E-state index is 0.00109. The van der Waals surface area contributed by atoms with Crippen LogP contribution in [0, 0.1) is 5.82 Å². The Balaban J connectivity index is 2.06. The summed E-state index contributed by atoms with van der Waals surface area (Å²) in [5.41, 5.74) is 0.981.